The quantitative estimate of drug-likeness (QED) is 0.0486. The highest BCUT2D eigenvalue weighted by atomic mass is 79.9. The van der Waals surface area contributed by atoms with Crippen molar-refractivity contribution in [2.24, 2.45) is 0 Å². The largest absolute Gasteiger partial charge is 0.526 e. The Balaban J connectivity index is 0.000000135. The van der Waals surface area contributed by atoms with Crippen LogP contribution in [0.2, 0.25) is 0 Å². The number of pyridine rings is 5. The number of halogens is 1. The van der Waals surface area contributed by atoms with E-state index in [1.807, 2.05) is 97.1 Å². The smallest absolute Gasteiger partial charge is 0.508 e. The van der Waals surface area contributed by atoms with E-state index in [1.54, 1.807) is 156 Å². The minimum atomic E-state index is -1.60. The third kappa shape index (κ3) is 21.6. The Labute approximate surface area is 658 Å². The van der Waals surface area contributed by atoms with Gasteiger partial charge in [0.1, 0.15) is 128 Å². The van der Waals surface area contributed by atoms with Gasteiger partial charge in [0.25, 0.3) is 0 Å². The van der Waals surface area contributed by atoms with Crippen molar-refractivity contribution in [3.63, 3.8) is 0 Å². The molecule has 0 saturated heterocycles. The van der Waals surface area contributed by atoms with Crippen LogP contribution in [-0.2, 0) is 20.8 Å². The number of nitrogens with zero attached hydrogens (tertiary/aromatic N) is 9. The summed E-state index contributed by atoms with van der Waals surface area (Å²) >= 11 is 3.19. The first kappa shape index (κ1) is 80.2. The van der Waals surface area contributed by atoms with Gasteiger partial charge in [0.15, 0.2) is 20.4 Å². The number of benzene rings is 6. The van der Waals surface area contributed by atoms with Crippen molar-refractivity contribution in [1.29, 1.82) is 21.0 Å². The first-order chi connectivity index (χ1) is 55.7. The summed E-state index contributed by atoms with van der Waals surface area (Å²) in [6.07, 6.45) is 17.5. The molecule has 0 bridgehead atoms. The Hall–Kier alpha value is -14.8. The van der Waals surface area contributed by atoms with E-state index in [0.717, 1.165) is 76.1 Å². The summed E-state index contributed by atoms with van der Waals surface area (Å²) in [6, 6.07) is 61.7. The number of aromatic hydroxyl groups is 2. The molecular weight excluding hydrogens is 1530 g/mol. The van der Waals surface area contributed by atoms with Crippen molar-refractivity contribution in [3.05, 3.63) is 283 Å². The Bertz CT molecular complexity index is 6230. The number of hydrogen-bond donors (Lipinski definition) is 4. The first-order valence-electron chi connectivity index (χ1n) is 34.0. The van der Waals surface area contributed by atoms with Crippen LogP contribution in [0.3, 0.4) is 0 Å². The molecule has 0 radical (unpaired) electrons. The van der Waals surface area contributed by atoms with Gasteiger partial charge in [-0.25, -0.2) is 0 Å². The van der Waals surface area contributed by atoms with Gasteiger partial charge in [-0.15, -0.1) is 0 Å². The molecule has 0 fully saturated rings. The lowest BCUT2D eigenvalue weighted by Crippen LogP contribution is -2.27. The second-order valence-corrected chi connectivity index (χ2v) is 24.5. The molecule has 17 aromatic rings. The van der Waals surface area contributed by atoms with Gasteiger partial charge in [-0.1, -0.05) is 0 Å². The van der Waals surface area contributed by atoms with E-state index in [-0.39, 0.29) is 37.5 Å². The molecule has 17 rings (SSSR count). The molecule has 0 spiro atoms. The molecule has 0 aliphatic carbocycles. The maximum atomic E-state index is 9.41. The SMILES string of the molecule is COCOc1ccc2oc(-c3ccncc3C#N)cc2c1.COCOc1ccc2oc(B(O)O)cc2c1.COCOc1ccc2occc2c1.COc1ccc(COc2ccc3oc(-c4ccncc4C#N)cc3c2)nc1.N#Cc1cnccc1-c1cc2cc(O)ccc2o1.N#Cc1cnccc1Br.Oc1ccc2occc2c1. The second-order valence-electron chi connectivity index (χ2n) is 23.6. The van der Waals surface area contributed by atoms with Gasteiger partial charge >= 0.3 is 7.12 Å². The van der Waals surface area contributed by atoms with Gasteiger partial charge in [-0.05, 0) is 198 Å². The van der Waals surface area contributed by atoms with Crippen LogP contribution >= 0.6 is 15.9 Å². The highest BCUT2D eigenvalue weighted by molar-refractivity contribution is 9.10. The highest BCUT2D eigenvalue weighted by Crippen LogP contribution is 2.36. The van der Waals surface area contributed by atoms with Crippen LogP contribution in [-0.4, -0.2) is 101 Å². The average molecular weight is 1590 g/mol. The minimum Gasteiger partial charge on any atom is -0.508 e. The number of nitriles is 4. The fourth-order valence-corrected chi connectivity index (χ4v) is 10.9. The van der Waals surface area contributed by atoms with E-state index in [4.69, 9.17) is 95.3 Å². The number of ether oxygens (including phenoxy) is 8. The summed E-state index contributed by atoms with van der Waals surface area (Å²) in [4.78, 5) is 19.9. The number of phenols is 2. The van der Waals surface area contributed by atoms with Gasteiger partial charge < -0.3 is 84.7 Å². The zero-order chi connectivity index (χ0) is 80.1. The molecule has 11 aromatic heterocycles. The number of fused-ring (bicyclic) bond motifs is 6. The maximum absolute atomic E-state index is 9.41. The third-order valence-corrected chi connectivity index (χ3v) is 16.7. The molecule has 29 heteroatoms. The van der Waals surface area contributed by atoms with Gasteiger partial charge in [0.05, 0.1) is 53.8 Å². The van der Waals surface area contributed by atoms with Crippen LogP contribution in [0.15, 0.2) is 281 Å². The number of furan rings is 6. The van der Waals surface area contributed by atoms with Crippen molar-refractivity contribution in [3.8, 4) is 98.5 Å². The molecular formula is C85H65BBrN9O18. The van der Waals surface area contributed by atoms with Crippen LogP contribution in [0, 0.1) is 45.3 Å². The standard InChI is InChI=1S/C21H15N3O3.C16H12N2O3.C14H8N2O2.C10H11BO5.C10H10O3.C8H6O2.C6H3BrN2/c1-25-18-3-2-16(24-12-18)13-26-17-4-5-20-14(8-17)9-21(27-20)19-6-7-23-11-15(19)10-22;1-19-10-20-13-2-3-15-11(6-13)7-16(21-15)14-4-5-18-9-12(14)8-17;15-7-10-8-16-4-3-12(10)14-6-9-5-11(17)1-2-13(9)18-14;1-14-6-15-8-2-3-9-7(4-8)5-10(16-9)11(12)13;1-11-7-13-9-2-3-10-8(6-9)4-5-12-10;9-7-1-2-8-6(5-7)3-4-10-8;7-6-1-2-9-4-5(6)3-8/h2-9,11-12H,13H2,1H3;2-7,9H,10H2,1H3;1-6,8,17H;2-5,12-13H,6H2,1H3;2-6H,7H2,1H3;1-5,9H;1-2,4H. The zero-order valence-electron chi connectivity index (χ0n) is 61.0. The van der Waals surface area contributed by atoms with Crippen molar-refractivity contribution in [2.75, 3.05) is 48.8 Å². The molecule has 0 saturated carbocycles. The lowest BCUT2D eigenvalue weighted by atomic mass is 9.88. The molecule has 568 valence electrons. The van der Waals surface area contributed by atoms with Gasteiger partial charge in [-0.2, -0.15) is 21.0 Å². The van der Waals surface area contributed by atoms with Crippen molar-refractivity contribution in [1.82, 2.24) is 24.9 Å². The average Bonchev–Trinajstić information content (AvgIpc) is 1.67. The van der Waals surface area contributed by atoms with Crippen molar-refractivity contribution < 1.29 is 84.7 Å². The molecule has 0 unspecified atom stereocenters. The third-order valence-electron chi connectivity index (χ3n) is 16.1. The molecule has 6 aromatic carbocycles. The molecule has 114 heavy (non-hydrogen) atoms. The predicted molar refractivity (Wildman–Crippen MR) is 424 cm³/mol. The number of aromatic nitrogens is 5. The van der Waals surface area contributed by atoms with E-state index >= 15 is 0 Å². The minimum absolute atomic E-state index is 0.110. The maximum Gasteiger partial charge on any atom is 0.526 e. The Morgan fingerprint density at radius 3 is 1.16 bits per heavy atom. The molecule has 4 N–H and O–H groups in total. The van der Waals surface area contributed by atoms with Crippen LogP contribution in [0.1, 0.15) is 27.9 Å². The summed E-state index contributed by atoms with van der Waals surface area (Å²) in [5.74, 6) is 5.85. The van der Waals surface area contributed by atoms with E-state index < -0.39 is 7.12 Å². The van der Waals surface area contributed by atoms with Gasteiger partial charge in [-0.3, -0.25) is 24.9 Å². The summed E-state index contributed by atoms with van der Waals surface area (Å²) in [7, 11) is 4.71. The van der Waals surface area contributed by atoms with Crippen LogP contribution in [0.25, 0.3) is 99.8 Å². The lowest BCUT2D eigenvalue weighted by Gasteiger charge is -2.06. The molecule has 0 aliphatic heterocycles. The Kier molecular flexibility index (Phi) is 28.2. The normalized spacial score (nSPS) is 10.3. The molecule has 0 amide bonds. The van der Waals surface area contributed by atoms with Gasteiger partial charge in [0, 0.05) is 124 Å². The second kappa shape index (κ2) is 40.1. The van der Waals surface area contributed by atoms with E-state index in [9.17, 15) is 10.4 Å². The van der Waals surface area contributed by atoms with E-state index in [0.29, 0.717) is 91.4 Å². The summed E-state index contributed by atoms with van der Waals surface area (Å²) in [5, 5.41) is 77.4. The van der Waals surface area contributed by atoms with Crippen LogP contribution < -0.4 is 29.3 Å². The summed E-state index contributed by atoms with van der Waals surface area (Å²) in [5.41, 5.74) is 9.40. The number of rotatable bonds is 17. The highest BCUT2D eigenvalue weighted by Gasteiger charge is 2.19. The predicted octanol–water partition coefficient (Wildman–Crippen LogP) is 17.1. The lowest BCUT2D eigenvalue weighted by molar-refractivity contribution is 0.0510. The van der Waals surface area contributed by atoms with E-state index in [1.165, 1.54) is 31.9 Å². The van der Waals surface area contributed by atoms with Crippen molar-refractivity contribution >= 4 is 94.5 Å². The summed E-state index contributed by atoms with van der Waals surface area (Å²) in [6.45, 7) is 0.977. The zero-order valence-corrected chi connectivity index (χ0v) is 62.6. The summed E-state index contributed by atoms with van der Waals surface area (Å²) < 4.78 is 74.9. The van der Waals surface area contributed by atoms with Crippen molar-refractivity contribution in [2.45, 2.75) is 6.61 Å². The topological polar surface area (TPSA) is 393 Å². The van der Waals surface area contributed by atoms with Crippen LogP contribution in [0.4, 0.5) is 0 Å². The number of phenolic OH excluding ortho intramolecular Hbond substituents is 2. The molecule has 27 nitrogen and oxygen atoms in total. The van der Waals surface area contributed by atoms with Crippen LogP contribution in [0.5, 0.6) is 40.2 Å². The number of hydrogen-bond acceptors (Lipinski definition) is 27. The Morgan fingerprint density at radius 2 is 0.746 bits per heavy atom. The van der Waals surface area contributed by atoms with Gasteiger partial charge in [0.2, 0.25) is 0 Å². The molecule has 0 aliphatic rings. The molecule has 11 heterocycles. The number of methoxy groups -OCH3 is 4. The van der Waals surface area contributed by atoms with E-state index in [2.05, 4.69) is 59.1 Å². The Morgan fingerprint density at radius 1 is 0.377 bits per heavy atom. The monoisotopic (exact) mass is 1590 g/mol. The first-order valence-corrected chi connectivity index (χ1v) is 34.8. The fourth-order valence-electron chi connectivity index (χ4n) is 10.6. The fraction of sp³-hybridized carbons (Fsp3) is 0.0941. The molecule has 0 atom stereocenters.